The van der Waals surface area contributed by atoms with E-state index in [-0.39, 0.29) is 22.8 Å². The highest BCUT2D eigenvalue weighted by atomic mass is 32.1. The lowest BCUT2D eigenvalue weighted by Crippen LogP contribution is -2.49. The summed E-state index contributed by atoms with van der Waals surface area (Å²) in [6.45, 7) is 5.00. The molecule has 1 saturated heterocycles. The molecule has 1 atom stereocenters. The maximum atomic E-state index is 12.5. The molecule has 7 heteroatoms. The van der Waals surface area contributed by atoms with E-state index in [1.807, 2.05) is 0 Å². The molecule has 0 aromatic carbocycles. The minimum Gasteiger partial charge on any atom is -0.490 e. The largest absolute Gasteiger partial charge is 0.490 e. The van der Waals surface area contributed by atoms with Crippen LogP contribution in [-0.2, 0) is 0 Å². The van der Waals surface area contributed by atoms with Gasteiger partial charge in [0, 0.05) is 38.3 Å². The molecule has 2 aromatic heterocycles. The van der Waals surface area contributed by atoms with Gasteiger partial charge in [0.15, 0.2) is 5.76 Å². The van der Waals surface area contributed by atoms with Crippen LogP contribution < -0.4 is 10.2 Å². The van der Waals surface area contributed by atoms with Crippen molar-refractivity contribution in [1.29, 1.82) is 0 Å². The number of piperazine rings is 1. The molecule has 6 nitrogen and oxygen atoms in total. The van der Waals surface area contributed by atoms with Gasteiger partial charge in [-0.1, -0.05) is 0 Å². The Bertz CT molecular complexity index is 748. The summed E-state index contributed by atoms with van der Waals surface area (Å²) >= 11 is 1.70. The number of carbonyl (C=O) groups excluding carboxylic acids is 1. The molecule has 1 amide bonds. The highest BCUT2D eigenvalue weighted by Crippen LogP contribution is 2.23. The van der Waals surface area contributed by atoms with E-state index in [0.29, 0.717) is 19.1 Å². The summed E-state index contributed by atoms with van der Waals surface area (Å²) in [5, 5.41) is 4.24. The second-order valence-electron chi connectivity index (χ2n) is 5.74. The SMILES string of the molecule is COc1coc(C(=O)N2CCN(C(C)c3ccsc3)CC2)cc1=O. The fourth-order valence-electron chi connectivity index (χ4n) is 2.85. The molecule has 128 valence electrons. The predicted octanol–water partition coefficient (Wildman–Crippen LogP) is 2.23. The van der Waals surface area contributed by atoms with Crippen LogP contribution in [0.25, 0.3) is 0 Å². The Kier molecular flexibility index (Phi) is 5.01. The van der Waals surface area contributed by atoms with Crippen LogP contribution in [0.4, 0.5) is 0 Å². The first-order valence-corrected chi connectivity index (χ1v) is 8.76. The number of rotatable bonds is 4. The Morgan fingerprint density at radius 1 is 1.33 bits per heavy atom. The number of methoxy groups -OCH3 is 1. The smallest absolute Gasteiger partial charge is 0.289 e. The molecular formula is C17H20N2O4S. The van der Waals surface area contributed by atoms with Gasteiger partial charge in [0.2, 0.25) is 11.2 Å². The normalized spacial score (nSPS) is 16.8. The minimum atomic E-state index is -0.350. The fourth-order valence-corrected chi connectivity index (χ4v) is 3.60. The van der Waals surface area contributed by atoms with E-state index >= 15 is 0 Å². The number of ether oxygens (including phenoxy) is 1. The molecule has 1 aliphatic heterocycles. The number of nitrogens with zero attached hydrogens (tertiary/aromatic N) is 2. The summed E-state index contributed by atoms with van der Waals surface area (Å²) < 4.78 is 10.1. The lowest BCUT2D eigenvalue weighted by Gasteiger charge is -2.37. The van der Waals surface area contributed by atoms with Gasteiger partial charge in [-0.15, -0.1) is 0 Å². The van der Waals surface area contributed by atoms with Crippen molar-refractivity contribution in [2.45, 2.75) is 13.0 Å². The van der Waals surface area contributed by atoms with Gasteiger partial charge in [-0.2, -0.15) is 11.3 Å². The van der Waals surface area contributed by atoms with Gasteiger partial charge in [-0.05, 0) is 29.3 Å². The molecule has 0 bridgehead atoms. The van der Waals surface area contributed by atoms with Crippen LogP contribution in [0.1, 0.15) is 29.1 Å². The molecule has 0 saturated carbocycles. The van der Waals surface area contributed by atoms with Gasteiger partial charge in [0.1, 0.15) is 6.26 Å². The summed E-state index contributed by atoms with van der Waals surface area (Å²) in [4.78, 5) is 28.3. The van der Waals surface area contributed by atoms with Gasteiger partial charge >= 0.3 is 0 Å². The number of thiophene rings is 1. The van der Waals surface area contributed by atoms with Crippen LogP contribution in [0.2, 0.25) is 0 Å². The van der Waals surface area contributed by atoms with E-state index in [1.54, 1.807) is 16.2 Å². The first-order chi connectivity index (χ1) is 11.6. The zero-order valence-electron chi connectivity index (χ0n) is 13.7. The van der Waals surface area contributed by atoms with Gasteiger partial charge in [-0.3, -0.25) is 14.5 Å². The highest BCUT2D eigenvalue weighted by Gasteiger charge is 2.27. The van der Waals surface area contributed by atoms with E-state index in [2.05, 4.69) is 28.7 Å². The zero-order valence-corrected chi connectivity index (χ0v) is 14.5. The number of carbonyl (C=O) groups is 1. The van der Waals surface area contributed by atoms with Gasteiger partial charge in [0.25, 0.3) is 5.91 Å². The number of amides is 1. The van der Waals surface area contributed by atoms with E-state index in [1.165, 1.54) is 25.0 Å². The minimum absolute atomic E-state index is 0.0557. The van der Waals surface area contributed by atoms with E-state index in [4.69, 9.17) is 9.15 Å². The maximum Gasteiger partial charge on any atom is 0.289 e. The highest BCUT2D eigenvalue weighted by molar-refractivity contribution is 7.07. The molecular weight excluding hydrogens is 328 g/mol. The molecule has 1 aliphatic rings. The van der Waals surface area contributed by atoms with E-state index in [0.717, 1.165) is 13.1 Å². The third-order valence-corrected chi connectivity index (χ3v) is 5.10. The lowest BCUT2D eigenvalue weighted by molar-refractivity contribution is 0.0550. The first-order valence-electron chi connectivity index (χ1n) is 7.82. The monoisotopic (exact) mass is 348 g/mol. The third kappa shape index (κ3) is 3.37. The molecule has 0 radical (unpaired) electrons. The van der Waals surface area contributed by atoms with Crippen molar-refractivity contribution in [3.05, 3.63) is 50.7 Å². The maximum absolute atomic E-state index is 12.5. The topological polar surface area (TPSA) is 63.0 Å². The zero-order chi connectivity index (χ0) is 17.1. The van der Waals surface area contributed by atoms with Crippen LogP contribution in [-0.4, -0.2) is 49.0 Å². The van der Waals surface area contributed by atoms with Crippen LogP contribution in [0, 0.1) is 0 Å². The van der Waals surface area contributed by atoms with Crippen LogP contribution >= 0.6 is 11.3 Å². The Morgan fingerprint density at radius 3 is 2.67 bits per heavy atom. The molecule has 24 heavy (non-hydrogen) atoms. The molecule has 3 rings (SSSR count). The molecule has 0 spiro atoms. The average molecular weight is 348 g/mol. The van der Waals surface area contributed by atoms with Crippen LogP contribution in [0.3, 0.4) is 0 Å². The summed E-state index contributed by atoms with van der Waals surface area (Å²) in [7, 11) is 1.39. The second kappa shape index (κ2) is 7.19. The van der Waals surface area contributed by atoms with Crippen molar-refractivity contribution in [1.82, 2.24) is 9.80 Å². The summed E-state index contributed by atoms with van der Waals surface area (Å²) in [5.74, 6) is -0.0984. The van der Waals surface area contributed by atoms with Gasteiger partial charge in [-0.25, -0.2) is 0 Å². The average Bonchev–Trinajstić information content (AvgIpc) is 3.15. The number of hydrogen-bond acceptors (Lipinski definition) is 6. The van der Waals surface area contributed by atoms with Crippen molar-refractivity contribution in [3.63, 3.8) is 0 Å². The van der Waals surface area contributed by atoms with E-state index in [9.17, 15) is 9.59 Å². The predicted molar refractivity (Wildman–Crippen MR) is 91.7 cm³/mol. The fraction of sp³-hybridized carbons (Fsp3) is 0.412. The Balaban J connectivity index is 1.63. The Morgan fingerprint density at radius 2 is 2.08 bits per heavy atom. The van der Waals surface area contributed by atoms with Crippen molar-refractivity contribution >= 4 is 17.2 Å². The van der Waals surface area contributed by atoms with Crippen molar-refractivity contribution in [3.8, 4) is 5.75 Å². The van der Waals surface area contributed by atoms with Crippen molar-refractivity contribution in [2.24, 2.45) is 0 Å². The summed E-state index contributed by atoms with van der Waals surface area (Å²) in [6, 6.07) is 3.67. The molecule has 0 N–H and O–H groups in total. The third-order valence-electron chi connectivity index (χ3n) is 4.40. The number of hydrogen-bond donors (Lipinski definition) is 0. The second-order valence-corrected chi connectivity index (χ2v) is 6.52. The summed E-state index contributed by atoms with van der Waals surface area (Å²) in [5.41, 5.74) is 0.956. The van der Waals surface area contributed by atoms with Gasteiger partial charge < -0.3 is 14.1 Å². The van der Waals surface area contributed by atoms with Crippen LogP contribution in [0.15, 0.2) is 38.4 Å². The lowest BCUT2D eigenvalue weighted by atomic mass is 10.1. The molecule has 2 aromatic rings. The quantitative estimate of drug-likeness (QED) is 0.848. The van der Waals surface area contributed by atoms with E-state index < -0.39 is 0 Å². The summed E-state index contributed by atoms with van der Waals surface area (Å²) in [6.07, 6.45) is 1.18. The Labute approximate surface area is 144 Å². The Hall–Kier alpha value is -2.12. The molecule has 1 fully saturated rings. The molecule has 0 aliphatic carbocycles. The van der Waals surface area contributed by atoms with Crippen molar-refractivity contribution in [2.75, 3.05) is 33.3 Å². The standard InChI is InChI=1S/C17H20N2O4S/c1-12(13-3-8-24-11-13)18-4-6-19(7-5-18)17(21)15-9-14(20)16(22-2)10-23-15/h3,8-12H,4-7H2,1-2H3. The molecule has 3 heterocycles. The van der Waals surface area contributed by atoms with Crippen molar-refractivity contribution < 1.29 is 13.9 Å². The first kappa shape index (κ1) is 16.7. The van der Waals surface area contributed by atoms with Crippen LogP contribution in [0.5, 0.6) is 5.75 Å². The van der Waals surface area contributed by atoms with Gasteiger partial charge in [0.05, 0.1) is 7.11 Å². The molecule has 1 unspecified atom stereocenters.